The molecule has 0 saturated heterocycles. The van der Waals surface area contributed by atoms with Crippen molar-refractivity contribution < 1.29 is 18.0 Å². The van der Waals surface area contributed by atoms with Gasteiger partial charge in [0.1, 0.15) is 11.7 Å². The van der Waals surface area contributed by atoms with Crippen LogP contribution in [0.3, 0.4) is 0 Å². The first kappa shape index (κ1) is 15.5. The Morgan fingerprint density at radius 1 is 1.21 bits per heavy atom. The summed E-state index contributed by atoms with van der Waals surface area (Å²) in [6, 6.07) is 8.00. The Kier molecular flexibility index (Phi) is 4.96. The van der Waals surface area contributed by atoms with Crippen molar-refractivity contribution >= 4 is 17.9 Å². The number of aldehydes is 1. The summed E-state index contributed by atoms with van der Waals surface area (Å²) in [5.74, 6) is 0. The lowest BCUT2D eigenvalue weighted by Crippen LogP contribution is -2.26. The van der Waals surface area contributed by atoms with Crippen LogP contribution in [0.4, 0.5) is 13.2 Å². The summed E-state index contributed by atoms with van der Waals surface area (Å²) in [5, 5.41) is 9.49. The fraction of sp³-hybridized carbons (Fsp3) is 0.385. The minimum atomic E-state index is -4.38. The van der Waals surface area contributed by atoms with Crippen molar-refractivity contribution in [1.82, 2.24) is 0 Å². The summed E-state index contributed by atoms with van der Waals surface area (Å²) in [6.45, 7) is 0. The maximum Gasteiger partial charge on any atom is 0.389 e. The fourth-order valence-electron chi connectivity index (χ4n) is 1.64. The molecule has 0 fully saturated rings. The van der Waals surface area contributed by atoms with Crippen LogP contribution < -0.4 is 0 Å². The molecule has 0 aromatic heterocycles. The van der Waals surface area contributed by atoms with Crippen LogP contribution in [0.5, 0.6) is 0 Å². The fourth-order valence-corrected chi connectivity index (χ4v) is 1.77. The Labute approximate surface area is 113 Å². The van der Waals surface area contributed by atoms with E-state index in [1.165, 1.54) is 0 Å². The van der Waals surface area contributed by atoms with Crippen molar-refractivity contribution in [3.63, 3.8) is 0 Å². The zero-order valence-electron chi connectivity index (χ0n) is 9.88. The van der Waals surface area contributed by atoms with Gasteiger partial charge in [0.25, 0.3) is 0 Å². The molecule has 1 aromatic carbocycles. The van der Waals surface area contributed by atoms with E-state index in [0.29, 0.717) is 16.9 Å². The Bertz CT molecular complexity index is 478. The van der Waals surface area contributed by atoms with Gasteiger partial charge in [-0.1, -0.05) is 23.7 Å². The zero-order chi connectivity index (χ0) is 14.5. The van der Waals surface area contributed by atoms with E-state index in [1.807, 2.05) is 0 Å². The molecule has 0 saturated carbocycles. The van der Waals surface area contributed by atoms with Crippen LogP contribution in [-0.4, -0.2) is 12.5 Å². The number of benzene rings is 1. The van der Waals surface area contributed by atoms with Gasteiger partial charge in [0.05, 0.1) is 6.07 Å². The lowest BCUT2D eigenvalue weighted by molar-refractivity contribution is -0.140. The number of nitrogens with zero attached hydrogens (tertiary/aromatic N) is 1. The predicted molar refractivity (Wildman–Crippen MR) is 64.6 cm³/mol. The average molecular weight is 290 g/mol. The van der Waals surface area contributed by atoms with Gasteiger partial charge in [-0.05, 0) is 30.5 Å². The van der Waals surface area contributed by atoms with Gasteiger partial charge in [-0.3, -0.25) is 0 Å². The van der Waals surface area contributed by atoms with E-state index in [2.05, 4.69) is 0 Å². The predicted octanol–water partition coefficient (Wildman–Crippen LogP) is 3.93. The Morgan fingerprint density at radius 3 is 2.21 bits per heavy atom. The Morgan fingerprint density at radius 2 is 1.79 bits per heavy atom. The molecule has 1 rings (SSSR count). The van der Waals surface area contributed by atoms with Gasteiger partial charge in [-0.25, -0.2) is 0 Å². The molecule has 0 aliphatic heterocycles. The van der Waals surface area contributed by atoms with Crippen molar-refractivity contribution in [3.05, 3.63) is 34.9 Å². The van der Waals surface area contributed by atoms with Gasteiger partial charge in [-0.2, -0.15) is 18.4 Å². The molecule has 1 atom stereocenters. The maximum atomic E-state index is 12.2. The molecular weight excluding hydrogens is 279 g/mol. The Hall–Kier alpha value is -1.54. The van der Waals surface area contributed by atoms with Crippen molar-refractivity contribution in [2.45, 2.75) is 25.4 Å². The monoisotopic (exact) mass is 289 g/mol. The van der Waals surface area contributed by atoms with Crippen molar-refractivity contribution in [3.8, 4) is 6.07 Å². The van der Waals surface area contributed by atoms with E-state index in [9.17, 15) is 18.0 Å². The van der Waals surface area contributed by atoms with Gasteiger partial charge in [0.2, 0.25) is 0 Å². The molecule has 0 bridgehead atoms. The van der Waals surface area contributed by atoms with Crippen LogP contribution >= 0.6 is 11.6 Å². The minimum Gasteiger partial charge on any atom is -0.302 e. The van der Waals surface area contributed by atoms with Crippen molar-refractivity contribution in [1.29, 1.82) is 5.26 Å². The van der Waals surface area contributed by atoms with Gasteiger partial charge in [0, 0.05) is 11.4 Å². The summed E-state index contributed by atoms with van der Waals surface area (Å²) < 4.78 is 36.6. The van der Waals surface area contributed by atoms with Gasteiger partial charge < -0.3 is 4.79 Å². The summed E-state index contributed by atoms with van der Waals surface area (Å²) in [4.78, 5) is 11.0. The zero-order valence-corrected chi connectivity index (χ0v) is 10.6. The van der Waals surface area contributed by atoms with Crippen molar-refractivity contribution in [2.75, 3.05) is 0 Å². The quantitative estimate of drug-likeness (QED) is 0.771. The lowest BCUT2D eigenvalue weighted by Gasteiger charge is -2.20. The number of hydrogen-bond acceptors (Lipinski definition) is 2. The molecule has 0 N–H and O–H groups in total. The molecule has 2 nitrogen and oxygen atoms in total. The average Bonchev–Trinajstić information content (AvgIpc) is 2.36. The first-order chi connectivity index (χ1) is 8.80. The molecule has 6 heteroatoms. The third-order valence-electron chi connectivity index (χ3n) is 2.74. The molecule has 0 aliphatic carbocycles. The molecule has 0 amide bonds. The highest BCUT2D eigenvalue weighted by atomic mass is 35.5. The third-order valence-corrected chi connectivity index (χ3v) is 2.99. The maximum absolute atomic E-state index is 12.2. The number of hydrogen-bond donors (Lipinski definition) is 0. The van der Waals surface area contributed by atoms with Crippen LogP contribution in [0.15, 0.2) is 24.3 Å². The highest BCUT2D eigenvalue weighted by Gasteiger charge is 2.36. The summed E-state index contributed by atoms with van der Waals surface area (Å²) >= 11 is 5.69. The van der Waals surface area contributed by atoms with E-state index >= 15 is 0 Å². The van der Waals surface area contributed by atoms with Gasteiger partial charge in [-0.15, -0.1) is 0 Å². The second-order valence-corrected chi connectivity index (χ2v) is 4.74. The lowest BCUT2D eigenvalue weighted by atomic mass is 9.80. The standard InChI is InChI=1S/C13H11ClF3NO/c14-11-3-1-10(2-4-11)7-12(8-18,9-19)5-6-13(15,16)17/h1-4,9H,5-7H2. The van der Waals surface area contributed by atoms with E-state index in [1.54, 1.807) is 30.3 Å². The van der Waals surface area contributed by atoms with E-state index in [4.69, 9.17) is 16.9 Å². The summed E-state index contributed by atoms with van der Waals surface area (Å²) in [5.41, 5.74) is -1.05. The molecule has 0 heterocycles. The molecule has 19 heavy (non-hydrogen) atoms. The number of nitriles is 1. The van der Waals surface area contributed by atoms with Crippen LogP contribution in [-0.2, 0) is 11.2 Å². The minimum absolute atomic E-state index is 0.0553. The molecule has 1 aromatic rings. The molecule has 0 aliphatic rings. The van der Waals surface area contributed by atoms with E-state index < -0.39 is 24.4 Å². The molecule has 0 spiro atoms. The highest BCUT2D eigenvalue weighted by Crippen LogP contribution is 2.32. The van der Waals surface area contributed by atoms with Gasteiger partial charge in [0.15, 0.2) is 0 Å². The smallest absolute Gasteiger partial charge is 0.302 e. The number of carbonyl (C=O) groups is 1. The number of carbonyl (C=O) groups excluding carboxylic acids is 1. The van der Waals surface area contributed by atoms with Crippen LogP contribution in [0.25, 0.3) is 0 Å². The van der Waals surface area contributed by atoms with E-state index in [-0.39, 0.29) is 6.42 Å². The first-order valence-electron chi connectivity index (χ1n) is 5.49. The number of halogens is 4. The number of alkyl halides is 3. The Balaban J connectivity index is 2.85. The van der Waals surface area contributed by atoms with Crippen LogP contribution in [0.2, 0.25) is 5.02 Å². The molecule has 102 valence electrons. The van der Waals surface area contributed by atoms with Crippen LogP contribution in [0, 0.1) is 16.7 Å². The number of rotatable bonds is 5. The van der Waals surface area contributed by atoms with Gasteiger partial charge >= 0.3 is 6.18 Å². The van der Waals surface area contributed by atoms with E-state index in [0.717, 1.165) is 0 Å². The summed E-state index contributed by atoms with van der Waals surface area (Å²) in [6.07, 6.45) is -5.84. The van der Waals surface area contributed by atoms with Crippen molar-refractivity contribution in [2.24, 2.45) is 5.41 Å². The first-order valence-corrected chi connectivity index (χ1v) is 5.87. The molecule has 0 radical (unpaired) electrons. The normalized spacial score (nSPS) is 14.5. The topological polar surface area (TPSA) is 40.9 Å². The molecule has 1 unspecified atom stereocenters. The van der Waals surface area contributed by atoms with Crippen LogP contribution in [0.1, 0.15) is 18.4 Å². The molecular formula is C13H11ClF3NO. The third kappa shape index (κ3) is 4.92. The summed E-state index contributed by atoms with van der Waals surface area (Å²) in [7, 11) is 0. The SMILES string of the molecule is N#CC(C=O)(CCC(F)(F)F)Cc1ccc(Cl)cc1. The largest absolute Gasteiger partial charge is 0.389 e. The second-order valence-electron chi connectivity index (χ2n) is 4.30. The highest BCUT2D eigenvalue weighted by molar-refractivity contribution is 6.30. The second kappa shape index (κ2) is 6.07.